The highest BCUT2D eigenvalue weighted by molar-refractivity contribution is 8.00. The lowest BCUT2D eigenvalue weighted by atomic mass is 10.3. The van der Waals surface area contributed by atoms with Crippen molar-refractivity contribution in [1.82, 2.24) is 5.16 Å². The van der Waals surface area contributed by atoms with E-state index in [2.05, 4.69) is 10.5 Å². The van der Waals surface area contributed by atoms with Crippen LogP contribution in [0.4, 0.5) is 10.2 Å². The summed E-state index contributed by atoms with van der Waals surface area (Å²) in [5.74, 6) is -0.846. The minimum absolute atomic E-state index is 0.0956. The molecule has 0 fully saturated rings. The predicted octanol–water partition coefficient (Wildman–Crippen LogP) is 2.78. The van der Waals surface area contributed by atoms with E-state index in [-0.39, 0.29) is 11.6 Å². The highest BCUT2D eigenvalue weighted by Gasteiger charge is 2.19. The maximum Gasteiger partial charge on any atom is 0.317 e. The van der Waals surface area contributed by atoms with Gasteiger partial charge >= 0.3 is 5.97 Å². The van der Waals surface area contributed by atoms with E-state index in [4.69, 9.17) is 9.26 Å². The molecule has 0 saturated heterocycles. The number of aromatic nitrogens is 1. The molecule has 0 aliphatic rings. The molecule has 8 heteroatoms. The minimum Gasteiger partial charge on any atom is -0.452 e. The van der Waals surface area contributed by atoms with Gasteiger partial charge in [0, 0.05) is 11.0 Å². The molecule has 122 valence electrons. The van der Waals surface area contributed by atoms with Crippen LogP contribution in [0.3, 0.4) is 0 Å². The van der Waals surface area contributed by atoms with Gasteiger partial charge in [-0.1, -0.05) is 17.3 Å². The van der Waals surface area contributed by atoms with Crippen LogP contribution < -0.4 is 5.32 Å². The second-order valence-electron chi connectivity index (χ2n) is 4.66. The number of nitrogens with one attached hydrogen (secondary N) is 1. The lowest BCUT2D eigenvalue weighted by Gasteiger charge is -2.12. The summed E-state index contributed by atoms with van der Waals surface area (Å²) in [4.78, 5) is 23.9. The number of carbonyl (C=O) groups is 2. The molecular formula is C15H15FN2O4S. The Kier molecular flexibility index (Phi) is 5.75. The van der Waals surface area contributed by atoms with E-state index in [1.807, 2.05) is 0 Å². The van der Waals surface area contributed by atoms with Crippen molar-refractivity contribution in [3.8, 4) is 0 Å². The monoisotopic (exact) mass is 338 g/mol. The number of aryl methyl sites for hydroxylation is 1. The maximum absolute atomic E-state index is 13.4. The number of hydrogen-bond donors (Lipinski definition) is 1. The van der Waals surface area contributed by atoms with E-state index in [9.17, 15) is 14.0 Å². The van der Waals surface area contributed by atoms with Crippen LogP contribution in [-0.2, 0) is 14.3 Å². The molecule has 23 heavy (non-hydrogen) atoms. The van der Waals surface area contributed by atoms with Gasteiger partial charge in [0.2, 0.25) is 0 Å². The van der Waals surface area contributed by atoms with E-state index >= 15 is 0 Å². The van der Waals surface area contributed by atoms with Crippen molar-refractivity contribution in [1.29, 1.82) is 0 Å². The van der Waals surface area contributed by atoms with Gasteiger partial charge in [-0.3, -0.25) is 9.59 Å². The number of nitrogens with zero attached hydrogens (tertiary/aromatic N) is 1. The number of halogens is 1. The molecular weight excluding hydrogens is 323 g/mol. The zero-order chi connectivity index (χ0) is 16.8. The molecule has 2 aromatic rings. The summed E-state index contributed by atoms with van der Waals surface area (Å²) in [7, 11) is 0. The molecule has 1 atom stereocenters. The highest BCUT2D eigenvalue weighted by Crippen LogP contribution is 2.21. The van der Waals surface area contributed by atoms with Gasteiger partial charge in [-0.25, -0.2) is 4.39 Å². The molecule has 6 nitrogen and oxygen atoms in total. The Morgan fingerprint density at radius 1 is 1.43 bits per heavy atom. The fourth-order valence-corrected chi connectivity index (χ4v) is 2.36. The van der Waals surface area contributed by atoms with Crippen molar-refractivity contribution in [3.05, 3.63) is 41.9 Å². The first-order valence-electron chi connectivity index (χ1n) is 6.76. The van der Waals surface area contributed by atoms with Crippen molar-refractivity contribution >= 4 is 29.5 Å². The van der Waals surface area contributed by atoms with Crippen LogP contribution in [0.1, 0.15) is 12.7 Å². The van der Waals surface area contributed by atoms with Crippen molar-refractivity contribution in [3.63, 3.8) is 0 Å². The SMILES string of the molecule is Cc1cc(NC(=O)[C@H](C)OC(=O)CSc2ccccc2F)no1. The number of amides is 1. The van der Waals surface area contributed by atoms with Crippen LogP contribution in [0.5, 0.6) is 0 Å². The fourth-order valence-electron chi connectivity index (χ4n) is 1.64. The molecule has 0 bridgehead atoms. The standard InChI is InChI=1S/C15H15FN2O4S/c1-9-7-13(18-22-9)17-15(20)10(2)21-14(19)8-23-12-6-4-3-5-11(12)16/h3-7,10H,8H2,1-2H3,(H,17,18,20)/t10-/m0/s1. The number of esters is 1. The molecule has 1 N–H and O–H groups in total. The summed E-state index contributed by atoms with van der Waals surface area (Å²) < 4.78 is 23.2. The van der Waals surface area contributed by atoms with Crippen LogP contribution >= 0.6 is 11.8 Å². The quantitative estimate of drug-likeness (QED) is 0.644. The first kappa shape index (κ1) is 17.0. The summed E-state index contributed by atoms with van der Waals surface area (Å²) in [6.07, 6.45) is -0.999. The largest absolute Gasteiger partial charge is 0.452 e. The lowest BCUT2D eigenvalue weighted by molar-refractivity contribution is -0.150. The summed E-state index contributed by atoms with van der Waals surface area (Å²) in [5, 5.41) is 6.07. The van der Waals surface area contributed by atoms with Crippen molar-refractivity contribution in [2.75, 3.05) is 11.1 Å². The van der Waals surface area contributed by atoms with E-state index in [1.165, 1.54) is 13.0 Å². The Labute approximate surface area is 136 Å². The van der Waals surface area contributed by atoms with Gasteiger partial charge in [0.15, 0.2) is 11.9 Å². The summed E-state index contributed by atoms with van der Waals surface area (Å²) in [6, 6.07) is 7.66. The van der Waals surface area contributed by atoms with Gasteiger partial charge < -0.3 is 14.6 Å². The van der Waals surface area contributed by atoms with Crippen molar-refractivity contribution < 1.29 is 23.2 Å². The molecule has 2 rings (SSSR count). The highest BCUT2D eigenvalue weighted by atomic mass is 32.2. The molecule has 0 unspecified atom stereocenters. The van der Waals surface area contributed by atoms with Gasteiger partial charge in [-0.2, -0.15) is 0 Å². The summed E-state index contributed by atoms with van der Waals surface area (Å²) >= 11 is 1.01. The van der Waals surface area contributed by atoms with Gasteiger partial charge in [0.25, 0.3) is 5.91 Å². The van der Waals surface area contributed by atoms with Crippen LogP contribution in [-0.4, -0.2) is 28.9 Å². The van der Waals surface area contributed by atoms with Crippen LogP contribution in [0.25, 0.3) is 0 Å². The average molecular weight is 338 g/mol. The molecule has 1 amide bonds. The Morgan fingerprint density at radius 2 is 2.17 bits per heavy atom. The third kappa shape index (κ3) is 5.10. The van der Waals surface area contributed by atoms with Crippen LogP contribution in [0.2, 0.25) is 0 Å². The number of hydrogen-bond acceptors (Lipinski definition) is 6. The number of anilines is 1. The van der Waals surface area contributed by atoms with E-state index in [0.29, 0.717) is 10.7 Å². The first-order valence-corrected chi connectivity index (χ1v) is 7.75. The number of rotatable bonds is 6. The normalized spacial score (nSPS) is 11.8. The Morgan fingerprint density at radius 3 is 2.83 bits per heavy atom. The Hall–Kier alpha value is -2.35. The van der Waals surface area contributed by atoms with Gasteiger partial charge in [-0.05, 0) is 26.0 Å². The molecule has 0 aliphatic heterocycles. The second-order valence-corrected chi connectivity index (χ2v) is 5.68. The maximum atomic E-state index is 13.4. The molecule has 0 saturated carbocycles. The number of benzene rings is 1. The third-order valence-electron chi connectivity index (χ3n) is 2.74. The van der Waals surface area contributed by atoms with Crippen LogP contribution in [0.15, 0.2) is 39.8 Å². The molecule has 0 radical (unpaired) electrons. The smallest absolute Gasteiger partial charge is 0.317 e. The third-order valence-corrected chi connectivity index (χ3v) is 3.76. The lowest BCUT2D eigenvalue weighted by Crippen LogP contribution is -2.30. The predicted molar refractivity (Wildman–Crippen MR) is 82.5 cm³/mol. The molecule has 0 spiro atoms. The zero-order valence-electron chi connectivity index (χ0n) is 12.5. The molecule has 1 heterocycles. The van der Waals surface area contributed by atoms with Gasteiger partial charge in [-0.15, -0.1) is 11.8 Å². The minimum atomic E-state index is -0.999. The van der Waals surface area contributed by atoms with Gasteiger partial charge in [0.05, 0.1) is 5.75 Å². The zero-order valence-corrected chi connectivity index (χ0v) is 13.4. The van der Waals surface area contributed by atoms with Crippen LogP contribution in [0, 0.1) is 12.7 Å². The van der Waals surface area contributed by atoms with Crippen molar-refractivity contribution in [2.24, 2.45) is 0 Å². The summed E-state index contributed by atoms with van der Waals surface area (Å²) in [5.41, 5.74) is 0. The van der Waals surface area contributed by atoms with E-state index in [1.54, 1.807) is 31.2 Å². The topological polar surface area (TPSA) is 81.4 Å². The second kappa shape index (κ2) is 7.77. The Balaban J connectivity index is 1.80. The first-order chi connectivity index (χ1) is 11.0. The fraction of sp³-hybridized carbons (Fsp3) is 0.267. The molecule has 0 aliphatic carbocycles. The number of ether oxygens (including phenoxy) is 1. The Bertz CT molecular complexity index is 704. The number of thioether (sulfide) groups is 1. The number of carbonyl (C=O) groups excluding carboxylic acids is 2. The molecule has 1 aromatic carbocycles. The van der Waals surface area contributed by atoms with E-state index in [0.717, 1.165) is 11.8 Å². The average Bonchev–Trinajstić information content (AvgIpc) is 2.91. The summed E-state index contributed by atoms with van der Waals surface area (Å²) in [6.45, 7) is 3.12. The molecule has 1 aromatic heterocycles. The van der Waals surface area contributed by atoms with E-state index < -0.39 is 23.8 Å². The van der Waals surface area contributed by atoms with Gasteiger partial charge in [0.1, 0.15) is 11.6 Å². The van der Waals surface area contributed by atoms with Crippen molar-refractivity contribution in [2.45, 2.75) is 24.8 Å².